The number of unbranched alkanes of at least 4 members (excludes halogenated alkanes) is 1. The zero-order valence-corrected chi connectivity index (χ0v) is 6.55. The Kier molecular flexibility index (Phi) is 4.94. The summed E-state index contributed by atoms with van der Waals surface area (Å²) in [4.78, 5) is 10.2. The second-order valence-electron chi connectivity index (χ2n) is 2.37. The second kappa shape index (κ2) is 5.23. The lowest BCUT2D eigenvalue weighted by Crippen LogP contribution is -2.34. The van der Waals surface area contributed by atoms with Crippen molar-refractivity contribution in [2.75, 3.05) is 6.54 Å². The van der Waals surface area contributed by atoms with Crippen LogP contribution in [0.1, 0.15) is 26.7 Å². The molecule has 0 heterocycles. The molecule has 0 aromatic rings. The molecule has 0 aliphatic carbocycles. The summed E-state index contributed by atoms with van der Waals surface area (Å²) in [5, 5.41) is 11.3. The van der Waals surface area contributed by atoms with Crippen LogP contribution < -0.4 is 5.32 Å². The number of carboxylic acid groups (broad SMARTS) is 1. The number of nitrogens with one attached hydrogen (secondary N) is 1. The maximum Gasteiger partial charge on any atom is 0.320 e. The number of hydrogen-bond acceptors (Lipinski definition) is 2. The molecule has 0 bridgehead atoms. The molecule has 0 unspecified atom stereocenters. The molecule has 60 valence electrons. The fraction of sp³-hybridized carbons (Fsp3) is 0.857. The molecule has 0 spiro atoms. The van der Waals surface area contributed by atoms with Crippen molar-refractivity contribution in [1.29, 1.82) is 0 Å². The average Bonchev–Trinajstić information content (AvgIpc) is 1.88. The van der Waals surface area contributed by atoms with Crippen molar-refractivity contribution in [1.82, 2.24) is 5.32 Å². The van der Waals surface area contributed by atoms with Crippen LogP contribution in [0.25, 0.3) is 0 Å². The third kappa shape index (κ3) is 4.32. The molecule has 1 atom stereocenters. The smallest absolute Gasteiger partial charge is 0.320 e. The predicted molar refractivity (Wildman–Crippen MR) is 40.0 cm³/mol. The highest BCUT2D eigenvalue weighted by Crippen LogP contribution is 1.85. The molecule has 3 heteroatoms. The zero-order valence-electron chi connectivity index (χ0n) is 6.55. The number of hydrogen-bond donors (Lipinski definition) is 2. The van der Waals surface area contributed by atoms with Gasteiger partial charge in [-0.05, 0) is 19.9 Å². The normalized spacial score (nSPS) is 13.0. The molecule has 0 aliphatic rings. The molecule has 0 amide bonds. The van der Waals surface area contributed by atoms with Gasteiger partial charge in [0.15, 0.2) is 0 Å². The summed E-state index contributed by atoms with van der Waals surface area (Å²) in [6.45, 7) is 4.52. The first kappa shape index (κ1) is 9.43. The van der Waals surface area contributed by atoms with Gasteiger partial charge in [-0.1, -0.05) is 13.3 Å². The van der Waals surface area contributed by atoms with E-state index < -0.39 is 12.0 Å². The van der Waals surface area contributed by atoms with Gasteiger partial charge in [-0.3, -0.25) is 4.79 Å². The molecule has 0 radical (unpaired) electrons. The van der Waals surface area contributed by atoms with Gasteiger partial charge in [0.2, 0.25) is 0 Å². The summed E-state index contributed by atoms with van der Waals surface area (Å²) in [5.74, 6) is -0.781. The molecular formula is C7H15NO2. The predicted octanol–water partition coefficient (Wildman–Crippen LogP) is 0.849. The van der Waals surface area contributed by atoms with Gasteiger partial charge in [0, 0.05) is 0 Å². The molecule has 0 fully saturated rings. The van der Waals surface area contributed by atoms with E-state index in [-0.39, 0.29) is 0 Å². The summed E-state index contributed by atoms with van der Waals surface area (Å²) in [5.41, 5.74) is 0. The molecule has 3 nitrogen and oxygen atoms in total. The first-order valence-corrected chi connectivity index (χ1v) is 3.64. The summed E-state index contributed by atoms with van der Waals surface area (Å²) < 4.78 is 0. The fourth-order valence-electron chi connectivity index (χ4n) is 0.583. The Bertz CT molecular complexity index is 104. The van der Waals surface area contributed by atoms with Crippen molar-refractivity contribution in [3.63, 3.8) is 0 Å². The van der Waals surface area contributed by atoms with E-state index in [4.69, 9.17) is 5.11 Å². The molecular weight excluding hydrogens is 130 g/mol. The topological polar surface area (TPSA) is 49.3 Å². The molecule has 0 aromatic heterocycles. The van der Waals surface area contributed by atoms with Crippen LogP contribution in [0, 0.1) is 0 Å². The minimum atomic E-state index is -0.781. The van der Waals surface area contributed by atoms with Gasteiger partial charge in [-0.2, -0.15) is 0 Å². The highest BCUT2D eigenvalue weighted by molar-refractivity contribution is 5.72. The van der Waals surface area contributed by atoms with Crippen molar-refractivity contribution in [2.45, 2.75) is 32.7 Å². The van der Waals surface area contributed by atoms with Crippen LogP contribution in [0.5, 0.6) is 0 Å². The van der Waals surface area contributed by atoms with E-state index in [1.165, 1.54) is 0 Å². The number of carbonyl (C=O) groups is 1. The van der Waals surface area contributed by atoms with E-state index in [1.54, 1.807) is 6.92 Å². The number of carboxylic acids is 1. The summed E-state index contributed by atoms with van der Waals surface area (Å²) in [7, 11) is 0. The highest BCUT2D eigenvalue weighted by Gasteiger charge is 2.07. The van der Waals surface area contributed by atoms with Crippen molar-refractivity contribution >= 4 is 5.97 Å². The van der Waals surface area contributed by atoms with Crippen LogP contribution in [0.4, 0.5) is 0 Å². The van der Waals surface area contributed by atoms with E-state index >= 15 is 0 Å². The van der Waals surface area contributed by atoms with E-state index in [0.717, 1.165) is 19.4 Å². The van der Waals surface area contributed by atoms with E-state index in [0.29, 0.717) is 0 Å². The lowest BCUT2D eigenvalue weighted by molar-refractivity contribution is -0.138. The molecule has 10 heavy (non-hydrogen) atoms. The zero-order chi connectivity index (χ0) is 7.98. The Hall–Kier alpha value is -0.570. The van der Waals surface area contributed by atoms with Crippen LogP contribution in [-0.2, 0) is 4.79 Å². The van der Waals surface area contributed by atoms with Gasteiger partial charge >= 0.3 is 5.97 Å². The summed E-state index contributed by atoms with van der Waals surface area (Å²) >= 11 is 0. The van der Waals surface area contributed by atoms with Crippen LogP contribution in [0.2, 0.25) is 0 Å². The Morgan fingerprint density at radius 1 is 1.70 bits per heavy atom. The minimum absolute atomic E-state index is 0.411. The third-order valence-electron chi connectivity index (χ3n) is 1.35. The van der Waals surface area contributed by atoms with E-state index in [2.05, 4.69) is 12.2 Å². The Morgan fingerprint density at radius 2 is 2.30 bits per heavy atom. The van der Waals surface area contributed by atoms with Gasteiger partial charge in [0.25, 0.3) is 0 Å². The Morgan fingerprint density at radius 3 is 2.70 bits per heavy atom. The first-order valence-electron chi connectivity index (χ1n) is 3.64. The van der Waals surface area contributed by atoms with Crippen molar-refractivity contribution < 1.29 is 9.90 Å². The van der Waals surface area contributed by atoms with Crippen molar-refractivity contribution in [3.05, 3.63) is 0 Å². The molecule has 0 saturated heterocycles. The lowest BCUT2D eigenvalue weighted by Gasteiger charge is -2.06. The molecule has 0 saturated carbocycles. The molecule has 0 rings (SSSR count). The molecule has 0 aromatic carbocycles. The first-order chi connectivity index (χ1) is 4.68. The third-order valence-corrected chi connectivity index (χ3v) is 1.35. The average molecular weight is 145 g/mol. The molecule has 2 N–H and O–H groups in total. The SMILES string of the molecule is CCCCN[C@@H](C)C(=O)O. The summed E-state index contributed by atoms with van der Waals surface area (Å²) in [6.07, 6.45) is 2.14. The highest BCUT2D eigenvalue weighted by atomic mass is 16.4. The second-order valence-corrected chi connectivity index (χ2v) is 2.37. The lowest BCUT2D eigenvalue weighted by atomic mass is 10.3. The standard InChI is InChI=1S/C7H15NO2/c1-3-4-5-8-6(2)7(9)10/h6,8H,3-5H2,1-2H3,(H,9,10)/t6-/m0/s1. The number of aliphatic carboxylic acids is 1. The van der Waals surface area contributed by atoms with Crippen molar-refractivity contribution in [2.24, 2.45) is 0 Å². The largest absolute Gasteiger partial charge is 0.480 e. The van der Waals surface area contributed by atoms with E-state index in [1.807, 2.05) is 0 Å². The van der Waals surface area contributed by atoms with Crippen LogP contribution in [0.15, 0.2) is 0 Å². The Labute approximate surface area is 61.4 Å². The van der Waals surface area contributed by atoms with Gasteiger partial charge in [-0.25, -0.2) is 0 Å². The van der Waals surface area contributed by atoms with Crippen LogP contribution >= 0.6 is 0 Å². The maximum absolute atomic E-state index is 10.2. The number of rotatable bonds is 5. The van der Waals surface area contributed by atoms with Gasteiger partial charge in [-0.15, -0.1) is 0 Å². The van der Waals surface area contributed by atoms with Crippen LogP contribution in [0.3, 0.4) is 0 Å². The fourth-order valence-corrected chi connectivity index (χ4v) is 0.583. The van der Waals surface area contributed by atoms with Gasteiger partial charge < -0.3 is 10.4 Å². The molecule has 0 aliphatic heterocycles. The minimum Gasteiger partial charge on any atom is -0.480 e. The van der Waals surface area contributed by atoms with Gasteiger partial charge in [0.05, 0.1) is 0 Å². The monoisotopic (exact) mass is 145 g/mol. The maximum atomic E-state index is 10.2. The van der Waals surface area contributed by atoms with Crippen molar-refractivity contribution in [3.8, 4) is 0 Å². The van der Waals surface area contributed by atoms with E-state index in [9.17, 15) is 4.79 Å². The quantitative estimate of drug-likeness (QED) is 0.564. The van der Waals surface area contributed by atoms with Crippen LogP contribution in [-0.4, -0.2) is 23.7 Å². The Balaban J connectivity index is 3.21. The van der Waals surface area contributed by atoms with Gasteiger partial charge in [0.1, 0.15) is 6.04 Å². The summed E-state index contributed by atoms with van der Waals surface area (Å²) in [6, 6.07) is -0.411.